The Morgan fingerprint density at radius 2 is 1.68 bits per heavy atom. The van der Waals surface area contributed by atoms with Crippen molar-refractivity contribution in [3.63, 3.8) is 0 Å². The minimum absolute atomic E-state index is 0.176. The summed E-state index contributed by atoms with van der Waals surface area (Å²) in [6, 6.07) is 0. The van der Waals surface area contributed by atoms with Gasteiger partial charge in [-0.25, -0.2) is 0 Å². The molecule has 0 radical (unpaired) electrons. The number of carbonyl (C=O) groups is 2. The summed E-state index contributed by atoms with van der Waals surface area (Å²) in [6.45, 7) is 9.10. The van der Waals surface area contributed by atoms with Crippen molar-refractivity contribution in [3.8, 4) is 0 Å². The molecule has 11 atom stereocenters. The second-order valence-corrected chi connectivity index (χ2v) is 12.8. The maximum absolute atomic E-state index is 12.1. The van der Waals surface area contributed by atoms with Crippen LogP contribution in [0.1, 0.15) is 91.9 Å². The van der Waals surface area contributed by atoms with Gasteiger partial charge in [-0.2, -0.15) is 0 Å². The first-order valence-electron chi connectivity index (χ1n) is 13.9. The molecule has 6 nitrogen and oxygen atoms in total. The van der Waals surface area contributed by atoms with Crippen molar-refractivity contribution < 1.29 is 24.9 Å². The number of hydrogen-bond acceptors (Lipinski definition) is 4. The second-order valence-electron chi connectivity index (χ2n) is 12.8. The van der Waals surface area contributed by atoms with Gasteiger partial charge >= 0.3 is 5.97 Å². The number of carboxylic acid groups (broad SMARTS) is 1. The summed E-state index contributed by atoms with van der Waals surface area (Å²) in [5.74, 6) is 1.85. The Hall–Kier alpha value is -1.14. The highest BCUT2D eigenvalue weighted by atomic mass is 16.4. The number of amides is 1. The molecule has 1 amide bonds. The first-order chi connectivity index (χ1) is 16.0. The van der Waals surface area contributed by atoms with E-state index in [2.05, 4.69) is 33.0 Å². The summed E-state index contributed by atoms with van der Waals surface area (Å²) >= 11 is 0. The van der Waals surface area contributed by atoms with Gasteiger partial charge in [0.05, 0.1) is 12.2 Å². The molecule has 1 unspecified atom stereocenters. The minimum atomic E-state index is -1.01. The Morgan fingerprint density at radius 3 is 2.35 bits per heavy atom. The number of carbonyl (C=O) groups excluding carboxylic acids is 1. The Kier molecular flexibility index (Phi) is 7.42. The van der Waals surface area contributed by atoms with Crippen LogP contribution in [0.4, 0.5) is 0 Å². The molecule has 4 aliphatic rings. The van der Waals surface area contributed by atoms with Crippen LogP contribution in [0, 0.1) is 52.3 Å². The van der Waals surface area contributed by atoms with Crippen LogP contribution in [0.15, 0.2) is 0 Å². The highest BCUT2D eigenvalue weighted by Gasteiger charge is 2.64. The topological polar surface area (TPSA) is 107 Å². The summed E-state index contributed by atoms with van der Waals surface area (Å²) in [7, 11) is 0. The van der Waals surface area contributed by atoms with Gasteiger partial charge in [-0.05, 0) is 104 Å². The normalized spacial score (nSPS) is 46.6. The van der Waals surface area contributed by atoms with E-state index in [0.29, 0.717) is 41.9 Å². The number of aliphatic hydroxyl groups is 2. The number of nitrogens with one attached hydrogen (secondary N) is 1. The van der Waals surface area contributed by atoms with E-state index in [-0.39, 0.29) is 41.4 Å². The Morgan fingerprint density at radius 1 is 1.00 bits per heavy atom. The van der Waals surface area contributed by atoms with E-state index < -0.39 is 5.97 Å². The molecule has 0 aliphatic heterocycles. The van der Waals surface area contributed by atoms with Gasteiger partial charge in [-0.3, -0.25) is 9.59 Å². The van der Waals surface area contributed by atoms with E-state index in [1.165, 1.54) is 6.42 Å². The lowest BCUT2D eigenvalue weighted by Crippen LogP contribution is -2.62. The van der Waals surface area contributed by atoms with E-state index in [1.807, 2.05) is 0 Å². The first kappa shape index (κ1) is 25.9. The molecule has 0 bridgehead atoms. The molecule has 34 heavy (non-hydrogen) atoms. The molecule has 4 fully saturated rings. The van der Waals surface area contributed by atoms with Crippen molar-refractivity contribution in [2.45, 2.75) is 104 Å². The van der Waals surface area contributed by atoms with Gasteiger partial charge in [0.15, 0.2) is 0 Å². The van der Waals surface area contributed by atoms with Crippen LogP contribution in [0.2, 0.25) is 0 Å². The van der Waals surface area contributed by atoms with Crippen LogP contribution in [0.3, 0.4) is 0 Å². The number of aliphatic hydroxyl groups excluding tert-OH is 2. The summed E-state index contributed by atoms with van der Waals surface area (Å²) in [4.78, 5) is 22.8. The smallest absolute Gasteiger partial charge is 0.322 e. The zero-order valence-electron chi connectivity index (χ0n) is 21.6. The average Bonchev–Trinajstić information content (AvgIpc) is 3.14. The molecule has 194 valence electrons. The maximum Gasteiger partial charge on any atom is 0.322 e. The lowest BCUT2D eigenvalue weighted by atomic mass is 9.41. The third-order valence-corrected chi connectivity index (χ3v) is 11.4. The van der Waals surface area contributed by atoms with Gasteiger partial charge in [0.25, 0.3) is 0 Å². The van der Waals surface area contributed by atoms with Crippen molar-refractivity contribution in [1.82, 2.24) is 5.32 Å². The highest BCUT2D eigenvalue weighted by Crippen LogP contribution is 2.69. The predicted molar refractivity (Wildman–Crippen MR) is 131 cm³/mol. The summed E-state index contributed by atoms with van der Waals surface area (Å²) in [5, 5.41) is 33.5. The number of rotatable bonds is 7. The van der Waals surface area contributed by atoms with E-state index in [9.17, 15) is 19.8 Å². The Bertz CT molecular complexity index is 772. The van der Waals surface area contributed by atoms with Crippen LogP contribution in [-0.2, 0) is 9.59 Å². The third-order valence-electron chi connectivity index (χ3n) is 11.4. The van der Waals surface area contributed by atoms with Crippen LogP contribution in [0.5, 0.6) is 0 Å². The van der Waals surface area contributed by atoms with Gasteiger partial charge in [-0.15, -0.1) is 0 Å². The van der Waals surface area contributed by atoms with Crippen molar-refractivity contribution >= 4 is 11.9 Å². The summed E-state index contributed by atoms with van der Waals surface area (Å²) in [5.41, 5.74) is 0.409. The van der Waals surface area contributed by atoms with Crippen LogP contribution in [0.25, 0.3) is 0 Å². The van der Waals surface area contributed by atoms with E-state index >= 15 is 0 Å². The van der Waals surface area contributed by atoms with Gasteiger partial charge in [-0.1, -0.05) is 34.1 Å². The van der Waals surface area contributed by atoms with E-state index in [4.69, 9.17) is 5.11 Å². The monoisotopic (exact) mass is 477 g/mol. The largest absolute Gasteiger partial charge is 0.480 e. The first-order valence-corrected chi connectivity index (χ1v) is 13.9. The van der Waals surface area contributed by atoms with E-state index in [0.717, 1.165) is 51.4 Å². The quantitative estimate of drug-likeness (QED) is 0.439. The number of carboxylic acids is 1. The molecule has 0 heterocycles. The SMILES string of the molecule is CC[C@@H]1C2C[C@H](O)CC[C@]2(C)[C@H]2CC[C@]3(C)[C@@H]([C@H](C)CCC(=O)NCC(=O)O)CC[C@H]3[C@@H]2[C@@H]1O. The molecular weight excluding hydrogens is 430 g/mol. The molecule has 4 saturated carbocycles. The lowest BCUT2D eigenvalue weighted by molar-refractivity contribution is -0.203. The fraction of sp³-hybridized carbons (Fsp3) is 0.929. The molecule has 6 heteroatoms. The van der Waals surface area contributed by atoms with Crippen LogP contribution in [-0.4, -0.2) is 45.9 Å². The molecular formula is C28H47NO5. The number of fused-ring (bicyclic) bond motifs is 5. The van der Waals surface area contributed by atoms with Gasteiger partial charge in [0.1, 0.15) is 6.54 Å². The van der Waals surface area contributed by atoms with Crippen molar-refractivity contribution in [3.05, 3.63) is 0 Å². The molecule has 0 aromatic heterocycles. The molecule has 4 N–H and O–H groups in total. The fourth-order valence-electron chi connectivity index (χ4n) is 9.76. The lowest BCUT2D eigenvalue weighted by Gasteiger charge is -2.64. The zero-order chi connectivity index (χ0) is 24.8. The van der Waals surface area contributed by atoms with Crippen LogP contribution < -0.4 is 5.32 Å². The Balaban J connectivity index is 1.49. The standard InChI is InChI=1S/C28H47NO5/c1-5-18-22-14-17(30)10-12-28(22,4)21-11-13-27(3)19(7-8-20(27)25(21)26(18)34)16(2)6-9-23(31)29-15-24(32)33/h16-22,25-26,30,34H,5-15H2,1-4H3,(H,29,31)(H,32,33)/t16-,17-,18-,19-,20+,21+,22?,25+,26-,27-,28-/m1/s1. The maximum atomic E-state index is 12.1. The molecule has 0 saturated heterocycles. The average molecular weight is 478 g/mol. The molecule has 0 aromatic carbocycles. The Labute approximate surface area is 205 Å². The summed E-state index contributed by atoms with van der Waals surface area (Å²) < 4.78 is 0. The summed E-state index contributed by atoms with van der Waals surface area (Å²) in [6.07, 6.45) is 9.14. The molecule has 4 aliphatic carbocycles. The molecule has 4 rings (SSSR count). The predicted octanol–water partition coefficient (Wildman–Crippen LogP) is 4.23. The van der Waals surface area contributed by atoms with Gasteiger partial charge in [0.2, 0.25) is 5.91 Å². The number of aliphatic carboxylic acids is 1. The minimum Gasteiger partial charge on any atom is -0.480 e. The van der Waals surface area contributed by atoms with Crippen LogP contribution >= 0.6 is 0 Å². The third kappa shape index (κ3) is 4.31. The fourth-order valence-corrected chi connectivity index (χ4v) is 9.76. The van der Waals surface area contributed by atoms with Crippen molar-refractivity contribution in [1.29, 1.82) is 0 Å². The molecule has 0 aromatic rings. The molecule has 0 spiro atoms. The van der Waals surface area contributed by atoms with Gasteiger partial charge < -0.3 is 20.6 Å². The highest BCUT2D eigenvalue weighted by molar-refractivity contribution is 5.81. The van der Waals surface area contributed by atoms with Crippen molar-refractivity contribution in [2.75, 3.05) is 6.54 Å². The van der Waals surface area contributed by atoms with Gasteiger partial charge in [0, 0.05) is 6.42 Å². The second kappa shape index (κ2) is 9.72. The zero-order valence-corrected chi connectivity index (χ0v) is 21.6. The van der Waals surface area contributed by atoms with E-state index in [1.54, 1.807) is 0 Å². The number of hydrogen-bond donors (Lipinski definition) is 4. The van der Waals surface area contributed by atoms with Crippen molar-refractivity contribution in [2.24, 2.45) is 52.3 Å².